The monoisotopic (exact) mass is 323 g/mol. The molecule has 0 atom stereocenters. The van der Waals surface area contributed by atoms with E-state index in [2.05, 4.69) is 12.6 Å². The summed E-state index contributed by atoms with van der Waals surface area (Å²) in [6.07, 6.45) is 0. The van der Waals surface area contributed by atoms with Crippen LogP contribution in [0, 0.1) is 0 Å². The Morgan fingerprint density at radius 2 is 1.86 bits per heavy atom. The van der Waals surface area contributed by atoms with E-state index in [1.165, 1.54) is 0 Å². The molecule has 0 bridgehead atoms. The van der Waals surface area contributed by atoms with Crippen molar-refractivity contribution in [1.29, 1.82) is 0 Å². The maximum absolute atomic E-state index is 9.18. The Morgan fingerprint density at radius 3 is 1.86 bits per heavy atom. The zero-order valence-corrected chi connectivity index (χ0v) is 10.3. The van der Waals surface area contributed by atoms with Crippen molar-refractivity contribution in [3.8, 4) is 0 Å². The molecule has 0 aromatic carbocycles. The molecule has 0 aliphatic rings. The van der Waals surface area contributed by atoms with Gasteiger partial charge < -0.3 is 9.90 Å². The number of hydrogen-bond donors (Lipinski definition) is 1. The van der Waals surface area contributed by atoms with Gasteiger partial charge in [-0.3, -0.25) is 0 Å². The number of carbonyl (C=O) groups is 1. The van der Waals surface area contributed by atoms with Crippen LogP contribution in [0.5, 0.6) is 0 Å². The minimum atomic E-state index is -1.13. The van der Waals surface area contributed by atoms with Crippen molar-refractivity contribution < 1.29 is 39.5 Å². The van der Waals surface area contributed by atoms with Gasteiger partial charge in [0.1, 0.15) is 0 Å². The second-order valence-electron chi connectivity index (χ2n) is 0.530. The van der Waals surface area contributed by atoms with Gasteiger partial charge in [-0.2, -0.15) is 12.6 Å². The average molecular weight is 323 g/mol. The van der Waals surface area contributed by atoms with E-state index in [1.54, 1.807) is 0 Å². The largest absolute Gasteiger partial charge is 3.00 e. The average Bonchev–Trinajstić information content (AvgIpc) is 1.38. The van der Waals surface area contributed by atoms with E-state index in [1.807, 2.05) is 0 Å². The van der Waals surface area contributed by atoms with Crippen LogP contribution in [-0.2, 0) is 4.79 Å². The van der Waals surface area contributed by atoms with Crippen LogP contribution in [-0.4, -0.2) is 37.9 Å². The van der Waals surface area contributed by atoms with Crippen LogP contribution < -0.4 is 34.7 Å². The predicted molar refractivity (Wildman–Crippen MR) is 24.6 cm³/mol. The van der Waals surface area contributed by atoms with Crippen LogP contribution in [0.3, 0.4) is 0 Å². The third-order valence-electron chi connectivity index (χ3n) is 0.129. The van der Waals surface area contributed by atoms with E-state index in [0.29, 0.717) is 0 Å². The summed E-state index contributed by atoms with van der Waals surface area (Å²) in [5, 5.41) is 9.18. The Hall–Kier alpha value is 1.70. The molecule has 0 saturated carbocycles. The molecule has 7 heavy (non-hydrogen) atoms. The fourth-order valence-electron chi connectivity index (χ4n) is 0. The van der Waals surface area contributed by atoms with Crippen molar-refractivity contribution in [3.05, 3.63) is 0 Å². The fraction of sp³-hybridized carbons (Fsp3) is 0.500. The third kappa shape index (κ3) is 18.3. The van der Waals surface area contributed by atoms with Crippen LogP contribution in [0.15, 0.2) is 0 Å². The van der Waals surface area contributed by atoms with E-state index in [0.717, 1.165) is 0 Å². The van der Waals surface area contributed by atoms with Crippen LogP contribution in [0.1, 0.15) is 0 Å². The number of thiol groups is 1. The first kappa shape index (κ1) is 15.9. The Labute approximate surface area is 88.9 Å². The van der Waals surface area contributed by atoms with Gasteiger partial charge in [-0.1, -0.05) is 0 Å². The standard InChI is InChI=1S/C2H4O2S.Bi.Na/c3-2(4)1-5;;/h5H,1H2,(H,3,4);;/q;+3;+1/p-1. The van der Waals surface area contributed by atoms with Crippen LogP contribution in [0.4, 0.5) is 0 Å². The van der Waals surface area contributed by atoms with Crippen LogP contribution in [0.2, 0.25) is 0 Å². The second-order valence-corrected chi connectivity index (χ2v) is 0.846. The molecule has 0 spiro atoms. The van der Waals surface area contributed by atoms with E-state index in [9.17, 15) is 9.90 Å². The Kier molecular flexibility index (Phi) is 24.1. The number of rotatable bonds is 1. The molecule has 0 aromatic heterocycles. The van der Waals surface area contributed by atoms with E-state index >= 15 is 0 Å². The van der Waals surface area contributed by atoms with Gasteiger partial charge in [0.05, 0.1) is 5.97 Å². The van der Waals surface area contributed by atoms with Crippen molar-refractivity contribution >= 4 is 44.8 Å². The summed E-state index contributed by atoms with van der Waals surface area (Å²) in [4.78, 5) is 9.18. The topological polar surface area (TPSA) is 40.1 Å². The van der Waals surface area contributed by atoms with E-state index in [-0.39, 0.29) is 61.5 Å². The SMILES string of the molecule is O=C([O-])CS.[Bi+3].[Na+]. The van der Waals surface area contributed by atoms with E-state index in [4.69, 9.17) is 0 Å². The predicted octanol–water partition coefficient (Wildman–Crippen LogP) is -4.71. The summed E-state index contributed by atoms with van der Waals surface area (Å²) in [6, 6.07) is 0. The Balaban J connectivity index is -0.0000000800. The van der Waals surface area contributed by atoms with Crippen molar-refractivity contribution in [2.45, 2.75) is 0 Å². The molecule has 0 N–H and O–H groups in total. The Morgan fingerprint density at radius 1 is 1.71 bits per heavy atom. The molecular formula is C2H3BiNaO2S+3. The fourth-order valence-corrected chi connectivity index (χ4v) is 0. The summed E-state index contributed by atoms with van der Waals surface area (Å²) in [5.41, 5.74) is 0. The smallest absolute Gasteiger partial charge is 0.549 e. The van der Waals surface area contributed by atoms with Gasteiger partial charge in [-0.15, -0.1) is 0 Å². The zero-order valence-electron chi connectivity index (χ0n) is 3.92. The second kappa shape index (κ2) is 10.6. The zero-order chi connectivity index (χ0) is 4.28. The molecule has 0 fully saturated rings. The summed E-state index contributed by atoms with van der Waals surface area (Å²) < 4.78 is 0. The summed E-state index contributed by atoms with van der Waals surface area (Å²) >= 11 is 3.35. The molecule has 2 nitrogen and oxygen atoms in total. The molecule has 2 radical (unpaired) electrons. The van der Waals surface area contributed by atoms with Crippen LogP contribution >= 0.6 is 12.6 Å². The maximum Gasteiger partial charge on any atom is 3.00 e. The number of carboxylic acids is 1. The van der Waals surface area contributed by atoms with Crippen LogP contribution in [0.25, 0.3) is 0 Å². The van der Waals surface area contributed by atoms with Gasteiger partial charge >= 0.3 is 55.8 Å². The molecule has 0 aromatic rings. The van der Waals surface area contributed by atoms with Crippen molar-refractivity contribution in [2.75, 3.05) is 5.75 Å². The molecule has 0 heterocycles. The van der Waals surface area contributed by atoms with Crippen molar-refractivity contribution in [1.82, 2.24) is 0 Å². The molecular weight excluding hydrogens is 320 g/mol. The molecule has 32 valence electrons. The summed E-state index contributed by atoms with van der Waals surface area (Å²) in [5.74, 6) is -1.33. The number of carbonyl (C=O) groups excluding carboxylic acids is 1. The van der Waals surface area contributed by atoms with E-state index < -0.39 is 5.97 Å². The van der Waals surface area contributed by atoms with Gasteiger partial charge in [0, 0.05) is 5.75 Å². The van der Waals surface area contributed by atoms with Gasteiger partial charge in [-0.25, -0.2) is 0 Å². The summed E-state index contributed by atoms with van der Waals surface area (Å²) in [6.45, 7) is 0. The molecule has 0 aliphatic carbocycles. The first-order valence-corrected chi connectivity index (χ1v) is 1.71. The molecule has 0 aliphatic heterocycles. The Bertz CT molecular complexity index is 51.0. The molecule has 0 rings (SSSR count). The van der Waals surface area contributed by atoms with Gasteiger partial charge in [0.25, 0.3) is 0 Å². The molecule has 0 unspecified atom stereocenters. The number of aliphatic carboxylic acids is 1. The first-order valence-electron chi connectivity index (χ1n) is 1.08. The third-order valence-corrected chi connectivity index (χ3v) is 0.387. The summed E-state index contributed by atoms with van der Waals surface area (Å²) in [7, 11) is 0. The van der Waals surface area contributed by atoms with Gasteiger partial charge in [0.15, 0.2) is 0 Å². The van der Waals surface area contributed by atoms with Crippen molar-refractivity contribution in [2.24, 2.45) is 0 Å². The number of hydrogen-bond acceptors (Lipinski definition) is 3. The number of carboxylic acid groups (broad SMARTS) is 1. The minimum absolute atomic E-state index is 0. The maximum atomic E-state index is 9.18. The first-order chi connectivity index (χ1) is 2.27. The molecule has 5 heteroatoms. The van der Waals surface area contributed by atoms with Crippen molar-refractivity contribution in [3.63, 3.8) is 0 Å². The van der Waals surface area contributed by atoms with Gasteiger partial charge in [0.2, 0.25) is 0 Å². The minimum Gasteiger partial charge on any atom is -0.549 e. The quantitative estimate of drug-likeness (QED) is 0.389. The molecule has 0 saturated heterocycles. The normalized spacial score (nSPS) is 5.29. The van der Waals surface area contributed by atoms with Gasteiger partial charge in [-0.05, 0) is 0 Å². The molecule has 0 amide bonds.